The topological polar surface area (TPSA) is 52.0 Å². The van der Waals surface area contributed by atoms with Crippen LogP contribution in [-0.4, -0.2) is 11.7 Å². The molecule has 0 saturated heterocycles. The van der Waals surface area contributed by atoms with Gasteiger partial charge < -0.3 is 10.3 Å². The number of unbranched alkanes of at least 4 members (excludes halogenated alkanes) is 1. The molecule has 0 atom stereocenters. The van der Waals surface area contributed by atoms with Crippen LogP contribution in [0, 0.1) is 6.92 Å². The molecule has 1 aromatic heterocycles. The number of aromatic nitrogens is 1. The van der Waals surface area contributed by atoms with Crippen molar-refractivity contribution in [3.63, 3.8) is 0 Å². The molecule has 2 aromatic rings. The quantitative estimate of drug-likeness (QED) is 0.777. The Balaban J connectivity index is 1.97. The van der Waals surface area contributed by atoms with Gasteiger partial charge in [0.1, 0.15) is 5.76 Å². The molecule has 3 heteroatoms. The maximum Gasteiger partial charge on any atom is 0.137 e. The number of benzene rings is 1. The first kappa shape index (κ1) is 13.8. The zero-order valence-corrected chi connectivity index (χ0v) is 11.6. The van der Waals surface area contributed by atoms with E-state index < -0.39 is 0 Å². The molecule has 0 aliphatic heterocycles. The van der Waals surface area contributed by atoms with Gasteiger partial charge in [-0.05, 0) is 51.1 Å². The summed E-state index contributed by atoms with van der Waals surface area (Å²) in [6, 6.07) is 10.5. The van der Waals surface area contributed by atoms with Crippen LogP contribution in [0.4, 0.5) is 0 Å². The van der Waals surface area contributed by atoms with Gasteiger partial charge in [0.05, 0.1) is 5.69 Å². The van der Waals surface area contributed by atoms with Crippen LogP contribution in [0.25, 0.3) is 0 Å². The second-order valence-corrected chi connectivity index (χ2v) is 4.90. The van der Waals surface area contributed by atoms with Gasteiger partial charge in [-0.15, -0.1) is 0 Å². The Hall–Kier alpha value is -1.61. The summed E-state index contributed by atoms with van der Waals surface area (Å²) in [6.45, 7) is 2.75. The summed E-state index contributed by atoms with van der Waals surface area (Å²) in [6.07, 6.45) is 5.13. The number of nitrogens with zero attached hydrogens (tertiary/aromatic N) is 1. The van der Waals surface area contributed by atoms with E-state index in [1.165, 1.54) is 11.1 Å². The summed E-state index contributed by atoms with van der Waals surface area (Å²) < 4.78 is 5.33. The van der Waals surface area contributed by atoms with Crippen LogP contribution in [0.1, 0.15) is 35.4 Å². The molecule has 0 saturated carbocycles. The van der Waals surface area contributed by atoms with Crippen LogP contribution < -0.4 is 5.73 Å². The molecule has 0 spiro atoms. The Kier molecular flexibility index (Phi) is 5.16. The second kappa shape index (κ2) is 7.10. The highest BCUT2D eigenvalue weighted by Crippen LogP contribution is 2.18. The Bertz CT molecular complexity index is 491. The predicted octanol–water partition coefficient (Wildman–Crippen LogP) is 3.05. The van der Waals surface area contributed by atoms with Gasteiger partial charge in [-0.1, -0.05) is 35.5 Å². The maximum absolute atomic E-state index is 5.53. The molecule has 2 rings (SSSR count). The molecule has 1 heterocycles. The highest BCUT2D eigenvalue weighted by molar-refractivity contribution is 5.25. The summed E-state index contributed by atoms with van der Waals surface area (Å²) in [7, 11) is 0. The van der Waals surface area contributed by atoms with Crippen molar-refractivity contribution in [3.05, 3.63) is 52.9 Å². The molecule has 0 aliphatic carbocycles. The van der Waals surface area contributed by atoms with E-state index in [0.29, 0.717) is 0 Å². The van der Waals surface area contributed by atoms with Crippen LogP contribution >= 0.6 is 0 Å². The standard InChI is InChI=1S/C16H22N2O/c1-13-15(11-10-14-7-3-2-4-8-14)16(18-19-13)9-5-6-12-17/h2-4,7-8H,5-6,9-12,17H2,1H3. The molecule has 0 amide bonds. The van der Waals surface area contributed by atoms with Crippen LogP contribution in [0.2, 0.25) is 0 Å². The van der Waals surface area contributed by atoms with Gasteiger partial charge in [0, 0.05) is 5.56 Å². The van der Waals surface area contributed by atoms with Crippen molar-refractivity contribution in [2.24, 2.45) is 5.73 Å². The number of rotatable bonds is 7. The van der Waals surface area contributed by atoms with Crippen LogP contribution in [0.15, 0.2) is 34.9 Å². The van der Waals surface area contributed by atoms with Crippen LogP contribution in [-0.2, 0) is 19.3 Å². The van der Waals surface area contributed by atoms with Crippen molar-refractivity contribution in [2.45, 2.75) is 39.0 Å². The zero-order chi connectivity index (χ0) is 13.5. The number of aryl methyl sites for hydroxylation is 3. The molecular weight excluding hydrogens is 236 g/mol. The summed E-state index contributed by atoms with van der Waals surface area (Å²) in [4.78, 5) is 0. The average molecular weight is 258 g/mol. The third-order valence-electron chi connectivity index (χ3n) is 3.44. The fraction of sp³-hybridized carbons (Fsp3) is 0.438. The Morgan fingerprint density at radius 1 is 1.05 bits per heavy atom. The molecule has 0 radical (unpaired) electrons. The zero-order valence-electron chi connectivity index (χ0n) is 11.6. The molecule has 0 fully saturated rings. The van der Waals surface area contributed by atoms with Gasteiger partial charge in [-0.3, -0.25) is 0 Å². The third kappa shape index (κ3) is 3.93. The lowest BCUT2D eigenvalue weighted by Crippen LogP contribution is -2.01. The Labute approximate surface area is 114 Å². The van der Waals surface area contributed by atoms with E-state index in [1.807, 2.05) is 13.0 Å². The molecule has 3 nitrogen and oxygen atoms in total. The van der Waals surface area contributed by atoms with E-state index in [0.717, 1.165) is 50.1 Å². The van der Waals surface area contributed by atoms with E-state index >= 15 is 0 Å². The number of nitrogens with two attached hydrogens (primary N) is 1. The minimum absolute atomic E-state index is 0.746. The lowest BCUT2D eigenvalue weighted by Gasteiger charge is -2.03. The van der Waals surface area contributed by atoms with Crippen LogP contribution in [0.3, 0.4) is 0 Å². The van der Waals surface area contributed by atoms with Gasteiger partial charge in [0.25, 0.3) is 0 Å². The summed E-state index contributed by atoms with van der Waals surface area (Å²) in [5.41, 5.74) is 9.28. The minimum Gasteiger partial charge on any atom is -0.361 e. The van der Waals surface area contributed by atoms with E-state index in [9.17, 15) is 0 Å². The van der Waals surface area contributed by atoms with Gasteiger partial charge in [0.2, 0.25) is 0 Å². The summed E-state index contributed by atoms with van der Waals surface area (Å²) in [5.74, 6) is 0.957. The van der Waals surface area contributed by atoms with Crippen molar-refractivity contribution in [1.29, 1.82) is 0 Å². The number of hydrogen-bond donors (Lipinski definition) is 1. The number of hydrogen-bond acceptors (Lipinski definition) is 3. The van der Waals surface area contributed by atoms with E-state index in [-0.39, 0.29) is 0 Å². The summed E-state index contributed by atoms with van der Waals surface area (Å²) >= 11 is 0. The molecule has 102 valence electrons. The lowest BCUT2D eigenvalue weighted by molar-refractivity contribution is 0.389. The van der Waals surface area contributed by atoms with E-state index in [2.05, 4.69) is 29.4 Å². The first-order chi connectivity index (χ1) is 9.31. The molecule has 0 unspecified atom stereocenters. The monoisotopic (exact) mass is 258 g/mol. The summed E-state index contributed by atoms with van der Waals surface area (Å²) in [5, 5.41) is 4.18. The van der Waals surface area contributed by atoms with Crippen molar-refractivity contribution < 1.29 is 4.52 Å². The lowest BCUT2D eigenvalue weighted by atomic mass is 10.0. The fourth-order valence-corrected chi connectivity index (χ4v) is 2.30. The fourth-order valence-electron chi connectivity index (χ4n) is 2.30. The van der Waals surface area contributed by atoms with Crippen LogP contribution in [0.5, 0.6) is 0 Å². The highest BCUT2D eigenvalue weighted by atomic mass is 16.5. The Morgan fingerprint density at radius 3 is 2.58 bits per heavy atom. The molecule has 1 aromatic carbocycles. The first-order valence-electron chi connectivity index (χ1n) is 6.99. The largest absolute Gasteiger partial charge is 0.361 e. The van der Waals surface area contributed by atoms with Crippen molar-refractivity contribution in [1.82, 2.24) is 5.16 Å². The van der Waals surface area contributed by atoms with E-state index in [4.69, 9.17) is 10.3 Å². The SMILES string of the molecule is Cc1onc(CCCCN)c1CCc1ccccc1. The van der Waals surface area contributed by atoms with Gasteiger partial charge >= 0.3 is 0 Å². The highest BCUT2D eigenvalue weighted by Gasteiger charge is 2.12. The molecule has 19 heavy (non-hydrogen) atoms. The first-order valence-corrected chi connectivity index (χ1v) is 6.99. The molecule has 0 bridgehead atoms. The van der Waals surface area contributed by atoms with Gasteiger partial charge in [-0.25, -0.2) is 0 Å². The average Bonchev–Trinajstić information content (AvgIpc) is 2.79. The molecule has 2 N–H and O–H groups in total. The minimum atomic E-state index is 0.746. The third-order valence-corrected chi connectivity index (χ3v) is 3.44. The van der Waals surface area contributed by atoms with Gasteiger partial charge in [-0.2, -0.15) is 0 Å². The Morgan fingerprint density at radius 2 is 1.84 bits per heavy atom. The smallest absolute Gasteiger partial charge is 0.137 e. The maximum atomic E-state index is 5.53. The van der Waals surface area contributed by atoms with Crippen molar-refractivity contribution in [3.8, 4) is 0 Å². The normalized spacial score (nSPS) is 10.8. The second-order valence-electron chi connectivity index (χ2n) is 4.90. The molecule has 0 aliphatic rings. The predicted molar refractivity (Wildman–Crippen MR) is 77.1 cm³/mol. The van der Waals surface area contributed by atoms with Crippen molar-refractivity contribution in [2.75, 3.05) is 6.54 Å². The van der Waals surface area contributed by atoms with Gasteiger partial charge in [0.15, 0.2) is 0 Å². The molecular formula is C16H22N2O. The van der Waals surface area contributed by atoms with Crippen molar-refractivity contribution >= 4 is 0 Å². The van der Waals surface area contributed by atoms with E-state index in [1.54, 1.807) is 0 Å².